The quantitative estimate of drug-likeness (QED) is 0.220. The van der Waals surface area contributed by atoms with Gasteiger partial charge in [0.05, 0.1) is 15.4 Å². The molecule has 4 rings (SSSR count). The summed E-state index contributed by atoms with van der Waals surface area (Å²) in [6.45, 7) is 0. The molecule has 4 aromatic rings. The number of hydrogen-bond donors (Lipinski definition) is 0. The molecule has 0 saturated carbocycles. The van der Waals surface area contributed by atoms with Crippen LogP contribution in [0.1, 0.15) is 27.9 Å². The van der Waals surface area contributed by atoms with Crippen LogP contribution in [-0.2, 0) is 22.4 Å². The van der Waals surface area contributed by atoms with Gasteiger partial charge in [-0.2, -0.15) is 13.2 Å². The molecular weight excluding hydrogens is 460 g/mol. The van der Waals surface area contributed by atoms with Crippen molar-refractivity contribution >= 4 is 21.3 Å². The Morgan fingerprint density at radius 3 is 2.42 bits per heavy atom. The van der Waals surface area contributed by atoms with E-state index in [-0.39, 0.29) is 23.2 Å². The summed E-state index contributed by atoms with van der Waals surface area (Å²) in [4.78, 5) is 15.2. The zero-order valence-electron chi connectivity index (χ0n) is 16.9. The van der Waals surface area contributed by atoms with Crippen molar-refractivity contribution in [3.63, 3.8) is 0 Å². The molecule has 0 unspecified atom stereocenters. The topological polar surface area (TPSA) is 68.5 Å². The normalized spacial score (nSPS) is 12.2. The summed E-state index contributed by atoms with van der Waals surface area (Å²) in [5, 5.41) is 0. The van der Waals surface area contributed by atoms with E-state index in [0.29, 0.717) is 35.3 Å². The minimum atomic E-state index is -5.04. The van der Waals surface area contributed by atoms with E-state index in [1.807, 2.05) is 0 Å². The smallest absolute Gasteiger partial charge is 0.306 e. The largest absolute Gasteiger partial charge is 0.417 e. The summed E-state index contributed by atoms with van der Waals surface area (Å²) in [7, 11) is -4.54. The minimum absolute atomic E-state index is 0.122. The number of aromatic nitrogens is 2. The van der Waals surface area contributed by atoms with E-state index in [2.05, 4.69) is 4.98 Å². The van der Waals surface area contributed by atoms with Gasteiger partial charge in [-0.05, 0) is 54.4 Å². The molecule has 0 N–H and O–H groups in total. The number of carbonyl (C=O) groups excluding carboxylic acids is 1. The molecule has 0 bridgehead atoms. The maximum Gasteiger partial charge on any atom is 0.417 e. The van der Waals surface area contributed by atoms with Crippen LogP contribution >= 0.6 is 0 Å². The van der Waals surface area contributed by atoms with Crippen molar-refractivity contribution < 1.29 is 30.8 Å². The molecule has 2 heterocycles. The monoisotopic (exact) mass is 476 g/mol. The molecule has 5 nitrogen and oxygen atoms in total. The second-order valence-corrected chi connectivity index (χ2v) is 9.24. The van der Waals surface area contributed by atoms with Crippen LogP contribution in [0.2, 0.25) is 0 Å². The van der Waals surface area contributed by atoms with Crippen molar-refractivity contribution in [1.82, 2.24) is 9.38 Å². The van der Waals surface area contributed by atoms with Gasteiger partial charge in [-0.15, -0.1) is 0 Å². The van der Waals surface area contributed by atoms with Crippen molar-refractivity contribution in [2.45, 2.75) is 28.8 Å². The lowest BCUT2D eigenvalue weighted by atomic mass is 10.0. The Labute approximate surface area is 186 Å². The van der Waals surface area contributed by atoms with E-state index >= 15 is 0 Å². The number of nitrogens with zero attached hydrogens (tertiary/aromatic N) is 2. The van der Waals surface area contributed by atoms with Gasteiger partial charge in [-0.3, -0.25) is 4.79 Å². The maximum absolute atomic E-state index is 13.3. The molecule has 0 fully saturated rings. The third-order valence-electron chi connectivity index (χ3n) is 5.12. The van der Waals surface area contributed by atoms with Crippen molar-refractivity contribution in [1.29, 1.82) is 0 Å². The molecule has 10 heteroatoms. The summed E-state index contributed by atoms with van der Waals surface area (Å²) in [6, 6.07) is 10.1. The summed E-state index contributed by atoms with van der Waals surface area (Å²) in [5.41, 5.74) is 0.280. The maximum atomic E-state index is 13.3. The molecule has 0 aliphatic carbocycles. The Morgan fingerprint density at radius 1 is 1.00 bits per heavy atom. The zero-order chi connectivity index (χ0) is 23.8. The molecule has 0 atom stereocenters. The molecule has 0 spiro atoms. The summed E-state index contributed by atoms with van der Waals surface area (Å²) >= 11 is 0. The average molecular weight is 476 g/mol. The molecule has 2 aromatic carbocycles. The SMILES string of the molecule is O=C(CCc1ccc(S(=O)(=O)c2ccc(F)cc2C(F)(F)F)cc1)c1ccc2nccn2c1. The molecule has 0 aliphatic rings. The lowest BCUT2D eigenvalue weighted by Gasteiger charge is -2.14. The zero-order valence-corrected chi connectivity index (χ0v) is 17.7. The molecular formula is C23H16F4N2O3S. The van der Waals surface area contributed by atoms with Crippen LogP contribution in [0.5, 0.6) is 0 Å². The van der Waals surface area contributed by atoms with Crippen LogP contribution in [0.3, 0.4) is 0 Å². The highest BCUT2D eigenvalue weighted by molar-refractivity contribution is 7.91. The van der Waals surface area contributed by atoms with Gasteiger partial charge in [0.1, 0.15) is 11.5 Å². The van der Waals surface area contributed by atoms with Crippen molar-refractivity contribution in [2.75, 3.05) is 0 Å². The number of pyridine rings is 1. The lowest BCUT2D eigenvalue weighted by molar-refractivity contribution is -0.140. The van der Waals surface area contributed by atoms with Crippen LogP contribution in [0.25, 0.3) is 5.65 Å². The number of halogens is 4. The van der Waals surface area contributed by atoms with E-state index in [4.69, 9.17) is 0 Å². The van der Waals surface area contributed by atoms with Crippen molar-refractivity contribution in [2.24, 2.45) is 0 Å². The van der Waals surface area contributed by atoms with E-state index in [1.54, 1.807) is 35.1 Å². The first-order chi connectivity index (χ1) is 15.6. The van der Waals surface area contributed by atoms with Crippen LogP contribution in [0.15, 0.2) is 83.0 Å². The van der Waals surface area contributed by atoms with Crippen LogP contribution in [0, 0.1) is 5.82 Å². The first kappa shape index (κ1) is 22.7. The Hall–Kier alpha value is -3.53. The summed E-state index contributed by atoms with van der Waals surface area (Å²) < 4.78 is 80.4. The fraction of sp³-hybridized carbons (Fsp3) is 0.130. The van der Waals surface area contributed by atoms with Gasteiger partial charge in [0.2, 0.25) is 9.84 Å². The third-order valence-corrected chi connectivity index (χ3v) is 6.95. The predicted octanol–water partition coefficient (Wildman–Crippen LogP) is 5.14. The first-order valence-electron chi connectivity index (χ1n) is 9.72. The number of alkyl halides is 3. The molecule has 170 valence electrons. The molecule has 2 aromatic heterocycles. The van der Waals surface area contributed by atoms with Crippen molar-refractivity contribution in [3.8, 4) is 0 Å². The molecule has 0 saturated heterocycles. The number of hydrogen-bond acceptors (Lipinski definition) is 4. The van der Waals surface area contributed by atoms with Gasteiger partial charge >= 0.3 is 6.18 Å². The molecule has 0 amide bonds. The highest BCUT2D eigenvalue weighted by Crippen LogP contribution is 2.36. The highest BCUT2D eigenvalue weighted by atomic mass is 32.2. The van der Waals surface area contributed by atoms with E-state index in [9.17, 15) is 30.8 Å². The number of Topliss-reactive ketones (excluding diaryl/α,β-unsaturated/α-hetero) is 1. The molecule has 0 radical (unpaired) electrons. The van der Waals surface area contributed by atoms with E-state index in [1.165, 1.54) is 24.3 Å². The van der Waals surface area contributed by atoms with Gasteiger partial charge in [0.15, 0.2) is 5.78 Å². The van der Waals surface area contributed by atoms with E-state index < -0.39 is 32.3 Å². The predicted molar refractivity (Wildman–Crippen MR) is 111 cm³/mol. The number of carbonyl (C=O) groups is 1. The molecule has 33 heavy (non-hydrogen) atoms. The average Bonchev–Trinajstić information content (AvgIpc) is 3.25. The Balaban J connectivity index is 1.52. The number of aryl methyl sites for hydroxylation is 1. The number of ketones is 1. The fourth-order valence-corrected chi connectivity index (χ4v) is 4.87. The standard InChI is InChI=1S/C23H16F4N2O3S/c24-17-5-9-21(19(13-17)23(25,26)27)33(31,32)18-6-1-15(2-7-18)3-8-20(30)16-4-10-22-28-11-12-29(22)14-16/h1-2,4-7,9-14H,3,8H2. The number of benzene rings is 2. The summed E-state index contributed by atoms with van der Waals surface area (Å²) in [5.74, 6) is -1.31. The number of sulfone groups is 1. The fourth-order valence-electron chi connectivity index (χ4n) is 3.41. The van der Waals surface area contributed by atoms with Gasteiger partial charge in [-0.25, -0.2) is 17.8 Å². The summed E-state index contributed by atoms with van der Waals surface area (Å²) in [6.07, 6.45) is 0.430. The second kappa shape index (κ2) is 8.43. The Morgan fingerprint density at radius 2 is 1.73 bits per heavy atom. The second-order valence-electron chi connectivity index (χ2n) is 7.32. The molecule has 0 aliphatic heterocycles. The highest BCUT2D eigenvalue weighted by Gasteiger charge is 2.38. The lowest BCUT2D eigenvalue weighted by Crippen LogP contribution is -2.14. The van der Waals surface area contributed by atoms with Crippen LogP contribution in [0.4, 0.5) is 17.6 Å². The minimum Gasteiger partial charge on any atom is -0.306 e. The van der Waals surface area contributed by atoms with Crippen LogP contribution in [-0.4, -0.2) is 23.6 Å². The van der Waals surface area contributed by atoms with Gasteiger partial charge < -0.3 is 4.40 Å². The van der Waals surface area contributed by atoms with Gasteiger partial charge in [0.25, 0.3) is 0 Å². The van der Waals surface area contributed by atoms with E-state index in [0.717, 1.165) is 0 Å². The number of rotatable bonds is 6. The van der Waals surface area contributed by atoms with Gasteiger partial charge in [0, 0.05) is 30.6 Å². The first-order valence-corrected chi connectivity index (χ1v) is 11.2. The van der Waals surface area contributed by atoms with Gasteiger partial charge in [-0.1, -0.05) is 12.1 Å². The van der Waals surface area contributed by atoms with Crippen LogP contribution < -0.4 is 0 Å². The third kappa shape index (κ3) is 4.65. The number of imidazole rings is 1. The van der Waals surface area contributed by atoms with Crippen molar-refractivity contribution in [3.05, 3.63) is 95.7 Å². The number of fused-ring (bicyclic) bond motifs is 1. The Bertz CT molecular complexity index is 1440. The Kier molecular flexibility index (Phi) is 5.79.